The van der Waals surface area contributed by atoms with Crippen molar-refractivity contribution in [2.45, 2.75) is 12.4 Å². The summed E-state index contributed by atoms with van der Waals surface area (Å²) in [4.78, 5) is 9.28. The number of hydrogen-bond donors (Lipinski definition) is 0. The molecular formula is C23H18ClN3O. The largest absolute Gasteiger partial charge is 0.489 e. The highest BCUT2D eigenvalue weighted by atomic mass is 35.5. The van der Waals surface area contributed by atoms with Crippen molar-refractivity contribution in [1.82, 2.24) is 14.5 Å². The van der Waals surface area contributed by atoms with Gasteiger partial charge in [-0.25, -0.2) is 4.98 Å². The summed E-state index contributed by atoms with van der Waals surface area (Å²) in [7, 11) is 0. The van der Waals surface area contributed by atoms with Crippen LogP contribution >= 0.6 is 11.6 Å². The number of ether oxygens (including phenoxy) is 1. The summed E-state index contributed by atoms with van der Waals surface area (Å²) in [5.74, 6) is 2.18. The number of hydrogen-bond acceptors (Lipinski definition) is 3. The van der Waals surface area contributed by atoms with Crippen molar-refractivity contribution in [1.29, 1.82) is 0 Å². The van der Waals surface area contributed by atoms with E-state index in [1.165, 1.54) is 0 Å². The van der Waals surface area contributed by atoms with Crippen molar-refractivity contribution in [2.24, 2.45) is 0 Å². The smallest absolute Gasteiger partial charge is 0.148 e. The average molecular weight is 388 g/mol. The van der Waals surface area contributed by atoms with Crippen molar-refractivity contribution >= 4 is 11.6 Å². The minimum Gasteiger partial charge on any atom is -0.489 e. The van der Waals surface area contributed by atoms with Gasteiger partial charge < -0.3 is 9.30 Å². The van der Waals surface area contributed by atoms with E-state index in [0.29, 0.717) is 12.5 Å². The first-order chi connectivity index (χ1) is 13.8. The number of aromatic nitrogens is 3. The molecule has 2 aromatic heterocycles. The fourth-order valence-corrected chi connectivity index (χ4v) is 3.82. The molecule has 1 aliphatic rings. The number of benzene rings is 2. The zero-order chi connectivity index (χ0) is 18.9. The lowest BCUT2D eigenvalue weighted by molar-refractivity contribution is 0.306. The van der Waals surface area contributed by atoms with Crippen LogP contribution in [0.3, 0.4) is 0 Å². The van der Waals surface area contributed by atoms with Crippen molar-refractivity contribution < 1.29 is 4.74 Å². The molecule has 138 valence electrons. The van der Waals surface area contributed by atoms with Gasteiger partial charge in [0.25, 0.3) is 0 Å². The van der Waals surface area contributed by atoms with Gasteiger partial charge in [0.15, 0.2) is 0 Å². The van der Waals surface area contributed by atoms with Gasteiger partial charge in [-0.15, -0.1) is 11.6 Å². The standard InChI is InChI=1S/C23H18ClN3O/c24-14-16-6-8-17(9-7-16)21-22(18-4-2-1-3-5-18)27-12-13-28-20-15-25-11-10-19(20)23(27)26-21/h1-11,15H,12-14H2. The maximum atomic E-state index is 5.97. The summed E-state index contributed by atoms with van der Waals surface area (Å²) in [5.41, 5.74) is 6.33. The molecule has 5 rings (SSSR count). The Morgan fingerprint density at radius 2 is 1.79 bits per heavy atom. The molecule has 0 radical (unpaired) electrons. The van der Waals surface area contributed by atoms with Crippen molar-refractivity contribution in [3.05, 3.63) is 78.6 Å². The summed E-state index contributed by atoms with van der Waals surface area (Å²) >= 11 is 5.97. The van der Waals surface area contributed by atoms with E-state index in [4.69, 9.17) is 21.3 Å². The first-order valence-electron chi connectivity index (χ1n) is 9.23. The molecule has 0 saturated carbocycles. The molecule has 0 amide bonds. The second-order valence-electron chi connectivity index (χ2n) is 6.70. The highest BCUT2D eigenvalue weighted by molar-refractivity contribution is 6.17. The Balaban J connectivity index is 1.78. The van der Waals surface area contributed by atoms with Gasteiger partial charge in [-0.05, 0) is 11.6 Å². The van der Waals surface area contributed by atoms with Gasteiger partial charge in [0.1, 0.15) is 18.2 Å². The molecular weight excluding hydrogens is 370 g/mol. The van der Waals surface area contributed by atoms with E-state index in [1.807, 2.05) is 12.1 Å². The van der Waals surface area contributed by atoms with Crippen LogP contribution in [0.4, 0.5) is 0 Å². The van der Waals surface area contributed by atoms with E-state index in [0.717, 1.165) is 51.8 Å². The topological polar surface area (TPSA) is 39.9 Å². The van der Waals surface area contributed by atoms with Crippen LogP contribution in [-0.4, -0.2) is 21.1 Å². The first kappa shape index (κ1) is 17.0. The molecule has 4 aromatic rings. The lowest BCUT2D eigenvalue weighted by Gasteiger charge is -2.11. The lowest BCUT2D eigenvalue weighted by atomic mass is 10.0. The molecule has 28 heavy (non-hydrogen) atoms. The quantitative estimate of drug-likeness (QED) is 0.441. The van der Waals surface area contributed by atoms with E-state index in [9.17, 15) is 0 Å². The summed E-state index contributed by atoms with van der Waals surface area (Å²) in [6, 6.07) is 20.7. The van der Waals surface area contributed by atoms with Gasteiger partial charge in [-0.3, -0.25) is 4.98 Å². The molecule has 0 N–H and O–H groups in total. The van der Waals surface area contributed by atoms with Crippen LogP contribution in [-0.2, 0) is 12.4 Å². The molecule has 0 aliphatic carbocycles. The molecule has 0 saturated heterocycles. The van der Waals surface area contributed by atoms with Gasteiger partial charge in [0.05, 0.1) is 29.7 Å². The van der Waals surface area contributed by atoms with Crippen LogP contribution in [0, 0.1) is 0 Å². The number of nitrogens with zero attached hydrogens (tertiary/aromatic N) is 3. The third kappa shape index (κ3) is 2.86. The highest BCUT2D eigenvalue weighted by Gasteiger charge is 2.24. The second kappa shape index (κ2) is 7.13. The third-order valence-corrected chi connectivity index (χ3v) is 5.30. The summed E-state index contributed by atoms with van der Waals surface area (Å²) < 4.78 is 8.17. The third-order valence-electron chi connectivity index (χ3n) is 4.99. The van der Waals surface area contributed by atoms with Gasteiger partial charge in [0.2, 0.25) is 0 Å². The van der Waals surface area contributed by atoms with Gasteiger partial charge in [-0.1, -0.05) is 54.6 Å². The Kier molecular flexibility index (Phi) is 4.34. The Labute approximate surface area is 168 Å². The normalized spacial score (nSPS) is 12.6. The van der Waals surface area contributed by atoms with Crippen molar-refractivity contribution in [3.8, 4) is 39.7 Å². The second-order valence-corrected chi connectivity index (χ2v) is 6.97. The summed E-state index contributed by atoms with van der Waals surface area (Å²) in [6.45, 7) is 1.30. The minimum atomic E-state index is 0.503. The number of imidazole rings is 1. The Bertz CT molecular complexity index is 1120. The fraction of sp³-hybridized carbons (Fsp3) is 0.130. The zero-order valence-corrected chi connectivity index (χ0v) is 15.9. The van der Waals surface area contributed by atoms with E-state index >= 15 is 0 Å². The van der Waals surface area contributed by atoms with Crippen molar-refractivity contribution in [2.75, 3.05) is 6.61 Å². The van der Waals surface area contributed by atoms with Crippen molar-refractivity contribution in [3.63, 3.8) is 0 Å². The molecule has 3 heterocycles. The average Bonchev–Trinajstić information content (AvgIpc) is 3.04. The number of alkyl halides is 1. The fourth-order valence-electron chi connectivity index (χ4n) is 3.64. The SMILES string of the molecule is ClCc1ccc(-c2nc3n(c2-c2ccccc2)CCOc2cnccc2-3)cc1. The van der Waals surface area contributed by atoms with E-state index in [-0.39, 0.29) is 0 Å². The molecule has 0 atom stereocenters. The zero-order valence-electron chi connectivity index (χ0n) is 15.2. The Morgan fingerprint density at radius 3 is 2.57 bits per heavy atom. The molecule has 5 heteroatoms. The predicted molar refractivity (Wildman–Crippen MR) is 111 cm³/mol. The molecule has 1 aliphatic heterocycles. The van der Waals surface area contributed by atoms with Gasteiger partial charge >= 0.3 is 0 Å². The summed E-state index contributed by atoms with van der Waals surface area (Å²) in [5, 5.41) is 0. The first-order valence-corrected chi connectivity index (χ1v) is 9.77. The maximum absolute atomic E-state index is 5.97. The molecule has 0 bridgehead atoms. The van der Waals surface area contributed by atoms with E-state index in [2.05, 4.69) is 58.1 Å². The minimum absolute atomic E-state index is 0.503. The number of fused-ring (bicyclic) bond motifs is 3. The van der Waals surface area contributed by atoms with Gasteiger partial charge in [0, 0.05) is 23.2 Å². The van der Waals surface area contributed by atoms with E-state index in [1.54, 1.807) is 12.4 Å². The maximum Gasteiger partial charge on any atom is 0.148 e. The number of pyridine rings is 1. The molecule has 0 spiro atoms. The van der Waals surface area contributed by atoms with Crippen LogP contribution in [0.5, 0.6) is 5.75 Å². The molecule has 4 nitrogen and oxygen atoms in total. The highest BCUT2D eigenvalue weighted by Crippen LogP contribution is 2.39. The van der Waals surface area contributed by atoms with Crippen LogP contribution in [0.15, 0.2) is 73.1 Å². The Hall–Kier alpha value is -3.11. The van der Waals surface area contributed by atoms with Crippen LogP contribution in [0.1, 0.15) is 5.56 Å². The van der Waals surface area contributed by atoms with E-state index < -0.39 is 0 Å². The predicted octanol–water partition coefficient (Wildman–Crippen LogP) is 5.41. The van der Waals surface area contributed by atoms with Crippen LogP contribution in [0.2, 0.25) is 0 Å². The lowest BCUT2D eigenvalue weighted by Crippen LogP contribution is -2.07. The number of rotatable bonds is 3. The summed E-state index contributed by atoms with van der Waals surface area (Å²) in [6.07, 6.45) is 3.54. The Morgan fingerprint density at radius 1 is 0.964 bits per heavy atom. The molecule has 0 unspecified atom stereocenters. The monoisotopic (exact) mass is 387 g/mol. The number of halogens is 1. The molecule has 0 fully saturated rings. The molecule has 2 aromatic carbocycles. The van der Waals surface area contributed by atoms with Crippen LogP contribution in [0.25, 0.3) is 33.9 Å². The van der Waals surface area contributed by atoms with Crippen LogP contribution < -0.4 is 4.74 Å². The van der Waals surface area contributed by atoms with Gasteiger partial charge in [-0.2, -0.15) is 0 Å².